The molecule has 16 heavy (non-hydrogen) atoms. The Kier molecular flexibility index (Phi) is 4.37. The molecule has 96 valence electrons. The van der Waals surface area contributed by atoms with Crippen LogP contribution in [0.15, 0.2) is 0 Å². The number of aliphatic hydroxyl groups excluding tert-OH is 1. The summed E-state index contributed by atoms with van der Waals surface area (Å²) in [6, 6.07) is 0. The van der Waals surface area contributed by atoms with Crippen molar-refractivity contribution in [2.75, 3.05) is 6.61 Å². The number of aliphatic hydroxyl groups is 1. The maximum Gasteiger partial charge on any atom is 0.214 e. The second-order valence-electron chi connectivity index (χ2n) is 5.34. The minimum absolute atomic E-state index is 0.108. The van der Waals surface area contributed by atoms with Gasteiger partial charge >= 0.3 is 0 Å². The van der Waals surface area contributed by atoms with Gasteiger partial charge in [0.2, 0.25) is 10.0 Å². The summed E-state index contributed by atoms with van der Waals surface area (Å²) in [6.07, 6.45) is 3.56. The van der Waals surface area contributed by atoms with E-state index in [-0.39, 0.29) is 6.61 Å². The molecule has 0 heterocycles. The Balaban J connectivity index is 2.82. The van der Waals surface area contributed by atoms with E-state index < -0.39 is 20.8 Å². The van der Waals surface area contributed by atoms with Crippen LogP contribution in [0.2, 0.25) is 0 Å². The third-order valence-corrected chi connectivity index (χ3v) is 5.33. The van der Waals surface area contributed by atoms with Crippen LogP contribution >= 0.6 is 0 Å². The maximum absolute atomic E-state index is 11.8. The van der Waals surface area contributed by atoms with Gasteiger partial charge in [0.05, 0.1) is 17.4 Å². The molecule has 1 saturated carbocycles. The summed E-state index contributed by atoms with van der Waals surface area (Å²) < 4.78 is 26.4. The summed E-state index contributed by atoms with van der Waals surface area (Å²) in [5, 5.41) is 9.03. The molecule has 0 bridgehead atoms. The lowest BCUT2D eigenvalue weighted by Gasteiger charge is -2.39. The van der Waals surface area contributed by atoms with Gasteiger partial charge in [-0.1, -0.05) is 19.8 Å². The molecule has 2 atom stereocenters. The van der Waals surface area contributed by atoms with E-state index in [1.165, 1.54) is 0 Å². The third kappa shape index (κ3) is 3.18. The molecule has 2 N–H and O–H groups in total. The fourth-order valence-electron chi connectivity index (χ4n) is 2.35. The zero-order valence-corrected chi connectivity index (χ0v) is 11.2. The zero-order valence-electron chi connectivity index (χ0n) is 10.4. The van der Waals surface area contributed by atoms with Gasteiger partial charge in [0, 0.05) is 0 Å². The van der Waals surface area contributed by atoms with Gasteiger partial charge in [-0.2, -0.15) is 0 Å². The Hall–Kier alpha value is -0.130. The van der Waals surface area contributed by atoms with Gasteiger partial charge in [-0.3, -0.25) is 0 Å². The standard InChI is InChI=1S/C11H23NO3S/c1-9(2)16(14,15)12-11(8-13)6-4-5-10(3)7-11/h9-10,12-13H,4-8H2,1-3H3. The van der Waals surface area contributed by atoms with Crippen LogP contribution in [0.25, 0.3) is 0 Å². The molecule has 4 nitrogen and oxygen atoms in total. The third-order valence-electron chi connectivity index (χ3n) is 3.37. The quantitative estimate of drug-likeness (QED) is 0.788. The Morgan fingerprint density at radius 2 is 2.12 bits per heavy atom. The van der Waals surface area contributed by atoms with Crippen LogP contribution in [0.5, 0.6) is 0 Å². The molecule has 1 rings (SSSR count). The van der Waals surface area contributed by atoms with E-state index in [1.54, 1.807) is 13.8 Å². The second kappa shape index (κ2) is 5.02. The second-order valence-corrected chi connectivity index (χ2v) is 7.57. The number of hydrogen-bond acceptors (Lipinski definition) is 3. The van der Waals surface area contributed by atoms with E-state index >= 15 is 0 Å². The van der Waals surface area contributed by atoms with Crippen molar-refractivity contribution < 1.29 is 13.5 Å². The molecule has 1 aliphatic rings. The van der Waals surface area contributed by atoms with Crippen LogP contribution in [0, 0.1) is 5.92 Å². The highest BCUT2D eigenvalue weighted by atomic mass is 32.2. The van der Waals surface area contributed by atoms with Gasteiger partial charge in [0.15, 0.2) is 0 Å². The van der Waals surface area contributed by atoms with E-state index in [1.807, 2.05) is 0 Å². The monoisotopic (exact) mass is 249 g/mol. The van der Waals surface area contributed by atoms with Crippen LogP contribution in [0.4, 0.5) is 0 Å². The van der Waals surface area contributed by atoms with Crippen LogP contribution in [-0.4, -0.2) is 30.9 Å². The van der Waals surface area contributed by atoms with Crippen LogP contribution in [0.1, 0.15) is 46.5 Å². The molecule has 0 aromatic rings. The Labute approximate surface area is 98.5 Å². The summed E-state index contributed by atoms with van der Waals surface area (Å²) in [5.74, 6) is 0.468. The first-order valence-corrected chi connectivity index (χ1v) is 7.49. The van der Waals surface area contributed by atoms with Gasteiger partial charge < -0.3 is 5.11 Å². The van der Waals surface area contributed by atoms with Crippen molar-refractivity contribution in [2.24, 2.45) is 5.92 Å². The zero-order chi connectivity index (χ0) is 12.4. The number of rotatable bonds is 4. The minimum Gasteiger partial charge on any atom is -0.394 e. The molecular weight excluding hydrogens is 226 g/mol. The van der Waals surface area contributed by atoms with Gasteiger partial charge in [-0.25, -0.2) is 13.1 Å². The van der Waals surface area contributed by atoms with Crippen LogP contribution in [-0.2, 0) is 10.0 Å². The van der Waals surface area contributed by atoms with Gasteiger partial charge in [0.25, 0.3) is 0 Å². The fourth-order valence-corrected chi connectivity index (χ4v) is 3.44. The Bertz CT molecular complexity index is 326. The number of hydrogen-bond donors (Lipinski definition) is 2. The summed E-state index contributed by atoms with van der Waals surface area (Å²) in [7, 11) is -3.30. The smallest absolute Gasteiger partial charge is 0.214 e. The summed E-state index contributed by atoms with van der Waals surface area (Å²) in [5.41, 5.74) is -0.624. The number of sulfonamides is 1. The molecule has 5 heteroatoms. The highest BCUT2D eigenvalue weighted by molar-refractivity contribution is 7.90. The minimum atomic E-state index is -3.30. The van der Waals surface area contributed by atoms with Crippen LogP contribution < -0.4 is 4.72 Å². The predicted octanol–water partition coefficient (Wildman–Crippen LogP) is 1.26. The summed E-state index contributed by atoms with van der Waals surface area (Å²) in [4.78, 5) is 0. The Morgan fingerprint density at radius 3 is 2.56 bits per heavy atom. The first kappa shape index (κ1) is 13.9. The van der Waals surface area contributed by atoms with Crippen LogP contribution in [0.3, 0.4) is 0 Å². The van der Waals surface area contributed by atoms with Crippen molar-refractivity contribution in [2.45, 2.75) is 57.2 Å². The van der Waals surface area contributed by atoms with Gasteiger partial charge in [-0.05, 0) is 32.6 Å². The highest BCUT2D eigenvalue weighted by Gasteiger charge is 2.38. The van der Waals surface area contributed by atoms with E-state index in [2.05, 4.69) is 11.6 Å². The molecule has 1 aliphatic carbocycles. The predicted molar refractivity (Wildman–Crippen MR) is 64.6 cm³/mol. The largest absolute Gasteiger partial charge is 0.394 e. The lowest BCUT2D eigenvalue weighted by Crippen LogP contribution is -2.55. The molecule has 0 amide bonds. The van der Waals surface area contributed by atoms with Crippen molar-refractivity contribution in [3.8, 4) is 0 Å². The average Bonchev–Trinajstić information content (AvgIpc) is 2.16. The van der Waals surface area contributed by atoms with Crippen molar-refractivity contribution in [3.05, 3.63) is 0 Å². The molecule has 0 aliphatic heterocycles. The van der Waals surface area contributed by atoms with E-state index in [9.17, 15) is 13.5 Å². The lowest BCUT2D eigenvalue weighted by atomic mass is 9.78. The lowest BCUT2D eigenvalue weighted by molar-refractivity contribution is 0.119. The van der Waals surface area contributed by atoms with Crippen molar-refractivity contribution >= 4 is 10.0 Å². The normalized spacial score (nSPS) is 31.9. The van der Waals surface area contributed by atoms with E-state index in [0.29, 0.717) is 5.92 Å². The van der Waals surface area contributed by atoms with E-state index in [4.69, 9.17) is 0 Å². The molecule has 0 radical (unpaired) electrons. The first-order chi connectivity index (χ1) is 7.31. The topological polar surface area (TPSA) is 66.4 Å². The molecule has 2 unspecified atom stereocenters. The molecule has 0 aromatic carbocycles. The first-order valence-electron chi connectivity index (χ1n) is 5.95. The van der Waals surface area contributed by atoms with Gasteiger partial charge in [0.1, 0.15) is 0 Å². The van der Waals surface area contributed by atoms with Gasteiger partial charge in [-0.15, -0.1) is 0 Å². The average molecular weight is 249 g/mol. The molecule has 0 saturated heterocycles. The van der Waals surface area contributed by atoms with Crippen molar-refractivity contribution in [3.63, 3.8) is 0 Å². The maximum atomic E-state index is 11.8. The SMILES string of the molecule is CC1CCCC(CO)(NS(=O)(=O)C(C)C)C1. The van der Waals surface area contributed by atoms with E-state index in [0.717, 1.165) is 25.7 Å². The summed E-state index contributed by atoms with van der Waals surface area (Å²) in [6.45, 7) is 5.30. The Morgan fingerprint density at radius 1 is 1.50 bits per heavy atom. The molecule has 0 aromatic heterocycles. The fraction of sp³-hybridized carbons (Fsp3) is 1.00. The molecule has 0 spiro atoms. The van der Waals surface area contributed by atoms with Crippen molar-refractivity contribution in [1.29, 1.82) is 0 Å². The molecule has 1 fully saturated rings. The highest BCUT2D eigenvalue weighted by Crippen LogP contribution is 2.32. The van der Waals surface area contributed by atoms with Crippen molar-refractivity contribution in [1.82, 2.24) is 4.72 Å². The molecular formula is C11H23NO3S. The summed E-state index contributed by atoms with van der Waals surface area (Å²) >= 11 is 0. The number of nitrogens with one attached hydrogen (secondary N) is 1.